The zero-order chi connectivity index (χ0) is 21.6. The number of thiophene rings is 1. The second kappa shape index (κ2) is 8.34. The molecule has 1 aromatic carbocycles. The van der Waals surface area contributed by atoms with Crippen LogP contribution in [-0.2, 0) is 16.9 Å². The number of hydrogen-bond acceptors (Lipinski definition) is 4. The number of hydrogen-bond donors (Lipinski definition) is 2. The summed E-state index contributed by atoms with van der Waals surface area (Å²) in [5.41, 5.74) is 2.00. The predicted molar refractivity (Wildman–Crippen MR) is 123 cm³/mol. The molecule has 166 valence electrons. The minimum Gasteiger partial charge on any atom is -0.479 e. The molecule has 3 unspecified atom stereocenters. The minimum absolute atomic E-state index is 0.167. The topological polar surface area (TPSA) is 60.8 Å². The molecule has 0 amide bonds. The largest absolute Gasteiger partial charge is 0.479 e. The van der Waals surface area contributed by atoms with E-state index in [9.17, 15) is 15.0 Å². The third-order valence-electron chi connectivity index (χ3n) is 8.21. The van der Waals surface area contributed by atoms with Gasteiger partial charge in [-0.05, 0) is 72.4 Å². The van der Waals surface area contributed by atoms with Crippen molar-refractivity contribution in [1.29, 1.82) is 0 Å². The summed E-state index contributed by atoms with van der Waals surface area (Å²) in [5.74, 6) is 0.496. The van der Waals surface area contributed by atoms with E-state index in [0.717, 1.165) is 50.9 Å². The molecule has 5 rings (SSSR count). The number of benzene rings is 1. The molecule has 3 aliphatic rings. The van der Waals surface area contributed by atoms with Crippen molar-refractivity contribution >= 4 is 17.3 Å². The van der Waals surface area contributed by atoms with Gasteiger partial charge < -0.3 is 10.2 Å². The Bertz CT molecular complexity index is 921. The van der Waals surface area contributed by atoms with Crippen LogP contribution in [0.25, 0.3) is 0 Å². The van der Waals surface area contributed by atoms with Gasteiger partial charge in [0.1, 0.15) is 0 Å². The molecular formula is C26H33NO3S. The van der Waals surface area contributed by atoms with Gasteiger partial charge in [0, 0.05) is 25.6 Å². The van der Waals surface area contributed by atoms with Crippen molar-refractivity contribution in [3.8, 4) is 0 Å². The van der Waals surface area contributed by atoms with Crippen LogP contribution in [0.5, 0.6) is 0 Å². The highest BCUT2D eigenvalue weighted by Crippen LogP contribution is 2.52. The molecule has 2 aliphatic carbocycles. The summed E-state index contributed by atoms with van der Waals surface area (Å²) in [5, 5.41) is 23.6. The van der Waals surface area contributed by atoms with Crippen molar-refractivity contribution in [3.63, 3.8) is 0 Å². The van der Waals surface area contributed by atoms with E-state index < -0.39 is 11.6 Å². The molecule has 2 N–H and O–H groups in total. The number of piperidine rings is 1. The number of carboxylic acid groups (broad SMARTS) is 1. The number of carboxylic acids is 1. The van der Waals surface area contributed by atoms with Crippen LogP contribution < -0.4 is 0 Å². The van der Waals surface area contributed by atoms with E-state index in [4.69, 9.17) is 0 Å². The van der Waals surface area contributed by atoms with Gasteiger partial charge in [-0.25, -0.2) is 4.79 Å². The Kier molecular flexibility index (Phi) is 5.70. The zero-order valence-electron chi connectivity index (χ0n) is 18.3. The number of aliphatic hydroxyl groups is 1. The Morgan fingerprint density at radius 2 is 1.74 bits per heavy atom. The SMILES string of the molecule is Cc1c(C2C3CCC2CN(Cc2ccccc2)C3)csc1C(O)(C(=O)O)C1CCCC1. The van der Waals surface area contributed by atoms with Crippen molar-refractivity contribution < 1.29 is 15.0 Å². The summed E-state index contributed by atoms with van der Waals surface area (Å²) in [7, 11) is 0. The molecule has 3 fully saturated rings. The maximum atomic E-state index is 12.3. The Labute approximate surface area is 188 Å². The molecular weight excluding hydrogens is 406 g/mol. The molecule has 5 heteroatoms. The molecule has 0 spiro atoms. The van der Waals surface area contributed by atoms with E-state index in [1.54, 1.807) is 0 Å². The lowest BCUT2D eigenvalue weighted by Gasteiger charge is -2.38. The van der Waals surface area contributed by atoms with Gasteiger partial charge in [-0.2, -0.15) is 0 Å². The summed E-state index contributed by atoms with van der Waals surface area (Å²) >= 11 is 1.48. The van der Waals surface area contributed by atoms with E-state index in [-0.39, 0.29) is 5.92 Å². The molecule has 3 atom stereocenters. The van der Waals surface area contributed by atoms with Gasteiger partial charge in [-0.3, -0.25) is 4.90 Å². The van der Waals surface area contributed by atoms with Crippen LogP contribution in [-0.4, -0.2) is 34.2 Å². The molecule has 2 aromatic rings. The molecule has 1 aliphatic heterocycles. The van der Waals surface area contributed by atoms with Crippen LogP contribution in [0.4, 0.5) is 0 Å². The summed E-state index contributed by atoms with van der Waals surface area (Å²) in [6.45, 7) is 5.27. The standard InChI is InChI=1S/C26H33NO3S/c1-17-22(16-31-24(17)26(30,25(28)29)21-9-5-6-10-21)23-19-11-12-20(23)15-27(14-19)13-18-7-3-2-4-8-18/h2-4,7-8,16,19-21,23,30H,5-6,9-15H2,1H3,(H,28,29). The van der Waals surface area contributed by atoms with Gasteiger partial charge in [0.05, 0.1) is 4.88 Å². The van der Waals surface area contributed by atoms with Crippen molar-refractivity contribution in [2.24, 2.45) is 17.8 Å². The maximum Gasteiger partial charge on any atom is 0.341 e. The summed E-state index contributed by atoms with van der Waals surface area (Å²) in [6, 6.07) is 10.7. The number of likely N-dealkylation sites (tertiary alicyclic amines) is 1. The van der Waals surface area contributed by atoms with Gasteiger partial charge in [-0.1, -0.05) is 43.2 Å². The predicted octanol–water partition coefficient (Wildman–Crippen LogP) is 5.14. The second-order valence-electron chi connectivity index (χ2n) is 10.0. The van der Waals surface area contributed by atoms with Crippen molar-refractivity contribution in [2.75, 3.05) is 13.1 Å². The first-order valence-electron chi connectivity index (χ1n) is 11.8. The van der Waals surface area contributed by atoms with Crippen molar-refractivity contribution in [1.82, 2.24) is 4.90 Å². The first kappa shape index (κ1) is 21.2. The highest BCUT2D eigenvalue weighted by Gasteiger charge is 2.50. The van der Waals surface area contributed by atoms with E-state index >= 15 is 0 Å². The fraction of sp³-hybridized carbons (Fsp3) is 0.577. The number of rotatable bonds is 6. The zero-order valence-corrected chi connectivity index (χ0v) is 19.1. The molecule has 2 bridgehead atoms. The number of nitrogens with zero attached hydrogens (tertiary/aromatic N) is 1. The fourth-order valence-corrected chi connectivity index (χ4v) is 8.04. The molecule has 2 saturated carbocycles. The van der Waals surface area contributed by atoms with E-state index in [1.807, 2.05) is 0 Å². The van der Waals surface area contributed by atoms with Crippen LogP contribution in [0.15, 0.2) is 35.7 Å². The number of carbonyl (C=O) groups is 1. The van der Waals surface area contributed by atoms with Crippen LogP contribution in [0.1, 0.15) is 66.0 Å². The Balaban J connectivity index is 1.38. The normalized spacial score (nSPS) is 28.6. The van der Waals surface area contributed by atoms with E-state index in [0.29, 0.717) is 22.6 Å². The highest BCUT2D eigenvalue weighted by molar-refractivity contribution is 7.10. The van der Waals surface area contributed by atoms with Gasteiger partial charge in [0.2, 0.25) is 0 Å². The summed E-state index contributed by atoms with van der Waals surface area (Å²) < 4.78 is 0. The third kappa shape index (κ3) is 3.65. The first-order chi connectivity index (χ1) is 15.0. The number of aliphatic carboxylic acids is 1. The molecule has 31 heavy (non-hydrogen) atoms. The van der Waals surface area contributed by atoms with Gasteiger partial charge in [0.25, 0.3) is 0 Å². The van der Waals surface area contributed by atoms with Crippen molar-refractivity contribution in [3.05, 3.63) is 57.3 Å². The molecule has 0 radical (unpaired) electrons. The van der Waals surface area contributed by atoms with Gasteiger partial charge in [0.15, 0.2) is 5.60 Å². The Morgan fingerprint density at radius 3 is 2.35 bits per heavy atom. The lowest BCUT2D eigenvalue weighted by Crippen LogP contribution is -2.42. The quantitative estimate of drug-likeness (QED) is 0.654. The smallest absolute Gasteiger partial charge is 0.341 e. The lowest BCUT2D eigenvalue weighted by atomic mass is 9.77. The van der Waals surface area contributed by atoms with E-state index in [1.165, 1.54) is 35.3 Å². The monoisotopic (exact) mass is 439 g/mol. The van der Waals surface area contributed by atoms with Gasteiger partial charge >= 0.3 is 5.97 Å². The van der Waals surface area contributed by atoms with Gasteiger partial charge in [-0.15, -0.1) is 11.3 Å². The highest BCUT2D eigenvalue weighted by atomic mass is 32.1. The first-order valence-corrected chi connectivity index (χ1v) is 12.7. The molecule has 1 aromatic heterocycles. The summed E-state index contributed by atoms with van der Waals surface area (Å²) in [4.78, 5) is 15.5. The fourth-order valence-electron chi connectivity index (χ4n) is 6.73. The second-order valence-corrected chi connectivity index (χ2v) is 10.9. The minimum atomic E-state index is -1.73. The van der Waals surface area contributed by atoms with Crippen molar-refractivity contribution in [2.45, 2.75) is 63.5 Å². The third-order valence-corrected chi connectivity index (χ3v) is 9.44. The van der Waals surface area contributed by atoms with E-state index in [2.05, 4.69) is 47.5 Å². The maximum absolute atomic E-state index is 12.3. The average molecular weight is 440 g/mol. The lowest BCUT2D eigenvalue weighted by molar-refractivity contribution is -0.166. The van der Waals surface area contributed by atoms with Crippen LogP contribution in [0.2, 0.25) is 0 Å². The molecule has 2 heterocycles. The van der Waals surface area contributed by atoms with Crippen LogP contribution >= 0.6 is 11.3 Å². The summed E-state index contributed by atoms with van der Waals surface area (Å²) in [6.07, 6.45) is 6.13. The average Bonchev–Trinajstić information content (AvgIpc) is 3.47. The molecule has 4 nitrogen and oxygen atoms in total. The van der Waals surface area contributed by atoms with Crippen LogP contribution in [0.3, 0.4) is 0 Å². The molecule has 1 saturated heterocycles. The number of fused-ring (bicyclic) bond motifs is 2. The van der Waals surface area contributed by atoms with Crippen LogP contribution in [0, 0.1) is 24.7 Å². The Morgan fingerprint density at radius 1 is 1.10 bits per heavy atom. The Hall–Kier alpha value is -1.69.